The summed E-state index contributed by atoms with van der Waals surface area (Å²) >= 11 is 0. The zero-order valence-corrected chi connectivity index (χ0v) is 19.8. The molecule has 0 aliphatic carbocycles. The second kappa shape index (κ2) is 10.2. The summed E-state index contributed by atoms with van der Waals surface area (Å²) in [7, 11) is 0. The zero-order chi connectivity index (χ0) is 26.0. The van der Waals surface area contributed by atoms with Crippen molar-refractivity contribution in [3.63, 3.8) is 0 Å². The van der Waals surface area contributed by atoms with Crippen LogP contribution in [0.5, 0.6) is 0 Å². The van der Waals surface area contributed by atoms with Crippen LogP contribution in [0.1, 0.15) is 46.7 Å². The molecule has 0 amide bonds. The van der Waals surface area contributed by atoms with Crippen LogP contribution >= 0.6 is 0 Å². The minimum absolute atomic E-state index is 0.0245. The van der Waals surface area contributed by atoms with Crippen LogP contribution in [0, 0.1) is 12.7 Å². The zero-order valence-electron chi connectivity index (χ0n) is 19.8. The maximum Gasteiger partial charge on any atom is 0.416 e. The lowest BCUT2D eigenvalue weighted by Gasteiger charge is -2.30. The molecule has 190 valence electrons. The minimum atomic E-state index is -4.63. The number of fused-ring (bicyclic) bond motifs is 1. The molecule has 4 rings (SSSR count). The third kappa shape index (κ3) is 5.18. The quantitative estimate of drug-likeness (QED) is 0.368. The molecule has 0 saturated carbocycles. The van der Waals surface area contributed by atoms with E-state index in [4.69, 9.17) is 4.74 Å². The molecule has 2 heterocycles. The Morgan fingerprint density at radius 1 is 1.17 bits per heavy atom. The molecule has 0 bridgehead atoms. The smallest absolute Gasteiger partial charge is 0.416 e. The number of rotatable bonds is 6. The van der Waals surface area contributed by atoms with Gasteiger partial charge in [0.15, 0.2) is 6.04 Å². The summed E-state index contributed by atoms with van der Waals surface area (Å²) in [5.74, 6) is -1.18. The van der Waals surface area contributed by atoms with Gasteiger partial charge in [-0.3, -0.25) is 14.3 Å². The Labute approximate surface area is 205 Å². The Bertz CT molecular complexity index is 1320. The molecule has 0 fully saturated rings. The fourth-order valence-electron chi connectivity index (χ4n) is 4.44. The molecule has 6 nitrogen and oxygen atoms in total. The van der Waals surface area contributed by atoms with E-state index in [0.29, 0.717) is 41.7 Å². The number of aromatic nitrogens is 2. The molecule has 0 spiro atoms. The van der Waals surface area contributed by atoms with E-state index in [9.17, 15) is 27.2 Å². The lowest BCUT2D eigenvalue weighted by Crippen LogP contribution is -2.41. The summed E-state index contributed by atoms with van der Waals surface area (Å²) in [4.78, 5) is 33.0. The number of carbonyl (C=O) groups excluding carboxylic acids is 1. The van der Waals surface area contributed by atoms with E-state index in [1.54, 1.807) is 49.1 Å². The Morgan fingerprint density at radius 2 is 1.89 bits per heavy atom. The van der Waals surface area contributed by atoms with Crippen molar-refractivity contribution in [2.45, 2.75) is 45.6 Å². The minimum Gasteiger partial charge on any atom is -0.464 e. The lowest BCUT2D eigenvalue weighted by molar-refractivity contribution is -0.146. The van der Waals surface area contributed by atoms with E-state index in [0.717, 1.165) is 12.1 Å². The van der Waals surface area contributed by atoms with Gasteiger partial charge in [0.05, 0.1) is 23.4 Å². The Hall–Kier alpha value is -3.53. The number of hydrogen-bond acceptors (Lipinski definition) is 5. The first kappa shape index (κ1) is 25.6. The van der Waals surface area contributed by atoms with Crippen LogP contribution < -0.4 is 5.56 Å². The maximum absolute atomic E-state index is 14.4. The third-order valence-electron chi connectivity index (χ3n) is 6.17. The molecular formula is C26H25F4N3O3. The number of ether oxygens (including phenoxy) is 1. The van der Waals surface area contributed by atoms with Crippen molar-refractivity contribution in [1.29, 1.82) is 0 Å². The monoisotopic (exact) mass is 503 g/mol. The van der Waals surface area contributed by atoms with Gasteiger partial charge in [-0.25, -0.2) is 14.2 Å². The van der Waals surface area contributed by atoms with E-state index in [1.165, 1.54) is 4.57 Å². The normalized spacial score (nSPS) is 14.8. The second-order valence-corrected chi connectivity index (χ2v) is 8.59. The van der Waals surface area contributed by atoms with Gasteiger partial charge in [0.1, 0.15) is 11.6 Å². The van der Waals surface area contributed by atoms with Crippen LogP contribution in [-0.4, -0.2) is 33.6 Å². The fourth-order valence-corrected chi connectivity index (χ4v) is 4.44. The molecule has 0 N–H and O–H groups in total. The van der Waals surface area contributed by atoms with Crippen LogP contribution in [0.15, 0.2) is 53.3 Å². The topological polar surface area (TPSA) is 64.4 Å². The maximum atomic E-state index is 14.4. The van der Waals surface area contributed by atoms with Crippen LogP contribution in [0.2, 0.25) is 0 Å². The average molecular weight is 503 g/mol. The van der Waals surface area contributed by atoms with Crippen molar-refractivity contribution in [3.05, 3.63) is 98.5 Å². The molecule has 0 saturated heterocycles. The first-order valence-corrected chi connectivity index (χ1v) is 11.5. The number of aryl methyl sites for hydroxylation is 1. The molecule has 36 heavy (non-hydrogen) atoms. The molecule has 1 aliphatic rings. The van der Waals surface area contributed by atoms with Gasteiger partial charge in [-0.05, 0) is 31.5 Å². The molecule has 1 atom stereocenters. The number of alkyl halides is 3. The van der Waals surface area contributed by atoms with Gasteiger partial charge in [0.25, 0.3) is 5.56 Å². The number of hydrogen-bond donors (Lipinski definition) is 0. The highest BCUT2D eigenvalue weighted by molar-refractivity contribution is 5.78. The van der Waals surface area contributed by atoms with Crippen LogP contribution in [0.3, 0.4) is 0 Å². The standard InChI is InChI=1S/C26H25F4N3O3/c1-3-36-25(35)23(17-7-5-4-6-8-17)33-16(2)31-22-11-12-32(15-20(22)24(33)34)14-18-9-10-19(13-21(18)27)26(28,29)30/h4-10,13,23H,3,11-12,14-15H2,1-2H3. The molecule has 0 radical (unpaired) electrons. The van der Waals surface area contributed by atoms with Crippen LogP contribution in [0.4, 0.5) is 17.6 Å². The van der Waals surface area contributed by atoms with Crippen molar-refractivity contribution in [3.8, 4) is 0 Å². The first-order chi connectivity index (χ1) is 17.1. The molecular weight excluding hydrogens is 478 g/mol. The number of halogens is 4. The highest BCUT2D eigenvalue weighted by Gasteiger charge is 2.33. The molecule has 2 aromatic carbocycles. The SMILES string of the molecule is CCOC(=O)C(c1ccccc1)n1c(C)nc2c(c1=O)CN(Cc1ccc(C(F)(F)F)cc1F)CC2. The predicted octanol–water partition coefficient (Wildman–Crippen LogP) is 4.42. The Morgan fingerprint density at radius 3 is 2.53 bits per heavy atom. The molecule has 1 unspecified atom stereocenters. The van der Waals surface area contributed by atoms with E-state index < -0.39 is 35.1 Å². The van der Waals surface area contributed by atoms with Gasteiger partial charge in [-0.1, -0.05) is 36.4 Å². The fraction of sp³-hybridized carbons (Fsp3) is 0.346. The molecule has 10 heteroatoms. The second-order valence-electron chi connectivity index (χ2n) is 8.59. The lowest BCUT2D eigenvalue weighted by atomic mass is 10.0. The molecule has 1 aliphatic heterocycles. The van der Waals surface area contributed by atoms with E-state index >= 15 is 0 Å². The number of carbonyl (C=O) groups is 1. The number of nitrogens with zero attached hydrogens (tertiary/aromatic N) is 3. The molecule has 1 aromatic heterocycles. The van der Waals surface area contributed by atoms with Crippen molar-refractivity contribution in [2.24, 2.45) is 0 Å². The van der Waals surface area contributed by atoms with Gasteiger partial charge < -0.3 is 4.74 Å². The Kier molecular flexibility index (Phi) is 7.26. The van der Waals surface area contributed by atoms with Gasteiger partial charge in [0.2, 0.25) is 0 Å². The Balaban J connectivity index is 1.67. The van der Waals surface area contributed by atoms with Crippen molar-refractivity contribution in [2.75, 3.05) is 13.2 Å². The van der Waals surface area contributed by atoms with E-state index in [2.05, 4.69) is 4.98 Å². The van der Waals surface area contributed by atoms with Gasteiger partial charge in [0, 0.05) is 31.6 Å². The summed E-state index contributed by atoms with van der Waals surface area (Å²) in [6.45, 7) is 4.06. The highest BCUT2D eigenvalue weighted by atomic mass is 19.4. The van der Waals surface area contributed by atoms with Crippen LogP contribution in [0.25, 0.3) is 0 Å². The summed E-state index contributed by atoms with van der Waals surface area (Å²) in [6.07, 6.45) is -4.23. The number of esters is 1. The molecule has 3 aromatic rings. The van der Waals surface area contributed by atoms with Crippen molar-refractivity contribution in [1.82, 2.24) is 14.5 Å². The van der Waals surface area contributed by atoms with Crippen LogP contribution in [-0.2, 0) is 35.2 Å². The van der Waals surface area contributed by atoms with E-state index in [1.807, 2.05) is 0 Å². The summed E-state index contributed by atoms with van der Waals surface area (Å²) in [5, 5.41) is 0. The summed E-state index contributed by atoms with van der Waals surface area (Å²) < 4.78 is 59.6. The third-order valence-corrected chi connectivity index (χ3v) is 6.17. The van der Waals surface area contributed by atoms with Crippen molar-refractivity contribution >= 4 is 5.97 Å². The average Bonchev–Trinajstić information content (AvgIpc) is 2.83. The van der Waals surface area contributed by atoms with Gasteiger partial charge in [-0.2, -0.15) is 13.2 Å². The first-order valence-electron chi connectivity index (χ1n) is 11.5. The van der Waals surface area contributed by atoms with Gasteiger partial charge in [-0.15, -0.1) is 0 Å². The largest absolute Gasteiger partial charge is 0.464 e. The van der Waals surface area contributed by atoms with Gasteiger partial charge >= 0.3 is 12.1 Å². The summed E-state index contributed by atoms with van der Waals surface area (Å²) in [5.41, 5.74) is 0.166. The summed E-state index contributed by atoms with van der Waals surface area (Å²) in [6, 6.07) is 10.2. The van der Waals surface area contributed by atoms with E-state index in [-0.39, 0.29) is 25.3 Å². The number of benzene rings is 2. The van der Waals surface area contributed by atoms with Crippen molar-refractivity contribution < 1.29 is 27.1 Å². The predicted molar refractivity (Wildman–Crippen MR) is 124 cm³/mol. The highest BCUT2D eigenvalue weighted by Crippen LogP contribution is 2.31.